The van der Waals surface area contributed by atoms with Crippen LogP contribution in [0, 0.1) is 13.8 Å². The average molecular weight is 371 g/mol. The molecule has 146 valence electrons. The Bertz CT molecular complexity index is 836. The number of aryl methyl sites for hydroxylation is 3. The van der Waals surface area contributed by atoms with Crippen LogP contribution in [0.25, 0.3) is 0 Å². The molecule has 4 heterocycles. The Morgan fingerprint density at radius 2 is 1.96 bits per heavy atom. The average Bonchev–Trinajstić information content (AvgIpc) is 3.31. The molecule has 0 N–H and O–H groups in total. The SMILES string of the molecule is CCn1nc(C)c(CC(=O)N2CCCC2c2nnc3n2CCCCC3)c1C. The topological polar surface area (TPSA) is 68.8 Å². The molecule has 4 rings (SSSR count). The minimum absolute atomic E-state index is 0.0682. The molecule has 2 aliphatic rings. The van der Waals surface area contributed by atoms with Gasteiger partial charge in [0.15, 0.2) is 5.82 Å². The Morgan fingerprint density at radius 1 is 1.11 bits per heavy atom. The van der Waals surface area contributed by atoms with Crippen LogP contribution in [0.1, 0.15) is 73.7 Å². The number of amides is 1. The number of aromatic nitrogens is 5. The first-order valence-electron chi connectivity index (χ1n) is 10.3. The van der Waals surface area contributed by atoms with E-state index in [0.29, 0.717) is 6.42 Å². The summed E-state index contributed by atoms with van der Waals surface area (Å²) in [6.45, 7) is 8.77. The molecule has 2 aromatic heterocycles. The minimum Gasteiger partial charge on any atom is -0.332 e. The van der Waals surface area contributed by atoms with Crippen LogP contribution in [-0.4, -0.2) is 41.9 Å². The molecule has 0 aliphatic carbocycles. The lowest BCUT2D eigenvalue weighted by Gasteiger charge is -2.25. The van der Waals surface area contributed by atoms with Gasteiger partial charge in [-0.25, -0.2) is 0 Å². The Morgan fingerprint density at radius 3 is 2.74 bits per heavy atom. The summed E-state index contributed by atoms with van der Waals surface area (Å²) in [7, 11) is 0. The number of carbonyl (C=O) groups is 1. The molecule has 1 saturated heterocycles. The fourth-order valence-corrected chi connectivity index (χ4v) is 4.64. The summed E-state index contributed by atoms with van der Waals surface area (Å²) in [5.41, 5.74) is 3.15. The molecule has 0 radical (unpaired) electrons. The standard InChI is InChI=1S/C20H30N6O/c1-4-26-15(3)16(14(2)23-26)13-19(27)24-12-8-9-17(24)20-22-21-18-10-6-5-7-11-25(18)20/h17H,4-13H2,1-3H3. The van der Waals surface area contributed by atoms with E-state index < -0.39 is 0 Å². The van der Waals surface area contributed by atoms with Gasteiger partial charge in [0.05, 0.1) is 18.2 Å². The maximum absolute atomic E-state index is 13.2. The van der Waals surface area contributed by atoms with Crippen LogP contribution in [0.2, 0.25) is 0 Å². The van der Waals surface area contributed by atoms with E-state index >= 15 is 0 Å². The van der Waals surface area contributed by atoms with Gasteiger partial charge in [-0.2, -0.15) is 5.10 Å². The lowest BCUT2D eigenvalue weighted by molar-refractivity contribution is -0.131. The van der Waals surface area contributed by atoms with Crippen molar-refractivity contribution in [2.24, 2.45) is 0 Å². The second kappa shape index (κ2) is 7.44. The Hall–Kier alpha value is -2.18. The van der Waals surface area contributed by atoms with Gasteiger partial charge in [-0.05, 0) is 46.5 Å². The number of rotatable bonds is 4. The number of carbonyl (C=O) groups excluding carboxylic acids is 1. The third-order valence-corrected chi connectivity index (χ3v) is 6.17. The fraction of sp³-hybridized carbons (Fsp3) is 0.700. The predicted molar refractivity (Wildman–Crippen MR) is 102 cm³/mol. The molecule has 1 fully saturated rings. The minimum atomic E-state index is 0.0682. The van der Waals surface area contributed by atoms with E-state index in [1.807, 2.05) is 16.5 Å². The highest BCUT2D eigenvalue weighted by atomic mass is 16.2. The van der Waals surface area contributed by atoms with Crippen LogP contribution in [0.3, 0.4) is 0 Å². The Labute approximate surface area is 160 Å². The van der Waals surface area contributed by atoms with Crippen LogP contribution < -0.4 is 0 Å². The Kier molecular flexibility index (Phi) is 5.02. The first kappa shape index (κ1) is 18.2. The van der Waals surface area contributed by atoms with Crippen molar-refractivity contribution in [3.05, 3.63) is 28.6 Å². The van der Waals surface area contributed by atoms with Gasteiger partial charge in [0.2, 0.25) is 5.91 Å². The molecule has 1 amide bonds. The van der Waals surface area contributed by atoms with E-state index in [2.05, 4.69) is 33.7 Å². The molecule has 0 aromatic carbocycles. The molecule has 7 nitrogen and oxygen atoms in total. The largest absolute Gasteiger partial charge is 0.332 e. The highest BCUT2D eigenvalue weighted by Crippen LogP contribution is 2.33. The van der Waals surface area contributed by atoms with Gasteiger partial charge in [-0.3, -0.25) is 9.48 Å². The van der Waals surface area contributed by atoms with Crippen LogP contribution in [0.5, 0.6) is 0 Å². The van der Waals surface area contributed by atoms with Crippen molar-refractivity contribution in [1.29, 1.82) is 0 Å². The quantitative estimate of drug-likeness (QED) is 0.830. The zero-order valence-electron chi connectivity index (χ0n) is 16.7. The molecule has 27 heavy (non-hydrogen) atoms. The van der Waals surface area contributed by atoms with E-state index in [9.17, 15) is 4.79 Å². The van der Waals surface area contributed by atoms with Crippen molar-refractivity contribution in [2.75, 3.05) is 6.54 Å². The summed E-state index contributed by atoms with van der Waals surface area (Å²) in [5.74, 6) is 2.28. The number of fused-ring (bicyclic) bond motifs is 1. The van der Waals surface area contributed by atoms with Crippen LogP contribution >= 0.6 is 0 Å². The van der Waals surface area contributed by atoms with Crippen molar-refractivity contribution in [3.8, 4) is 0 Å². The van der Waals surface area contributed by atoms with E-state index in [-0.39, 0.29) is 11.9 Å². The van der Waals surface area contributed by atoms with Crippen molar-refractivity contribution >= 4 is 5.91 Å². The summed E-state index contributed by atoms with van der Waals surface area (Å²) in [6.07, 6.45) is 7.05. The molecule has 7 heteroatoms. The second-order valence-electron chi connectivity index (χ2n) is 7.82. The molecular formula is C20H30N6O. The van der Waals surface area contributed by atoms with Crippen molar-refractivity contribution in [3.63, 3.8) is 0 Å². The van der Waals surface area contributed by atoms with Crippen LogP contribution in [-0.2, 0) is 30.7 Å². The highest BCUT2D eigenvalue weighted by Gasteiger charge is 2.34. The van der Waals surface area contributed by atoms with Crippen LogP contribution in [0.4, 0.5) is 0 Å². The zero-order chi connectivity index (χ0) is 19.0. The van der Waals surface area contributed by atoms with Gasteiger partial charge in [0.25, 0.3) is 0 Å². The number of hydrogen-bond acceptors (Lipinski definition) is 4. The highest BCUT2D eigenvalue weighted by molar-refractivity contribution is 5.80. The molecule has 0 spiro atoms. The molecule has 1 unspecified atom stereocenters. The van der Waals surface area contributed by atoms with E-state index in [4.69, 9.17) is 0 Å². The van der Waals surface area contributed by atoms with Crippen molar-refractivity contribution < 1.29 is 4.79 Å². The lowest BCUT2D eigenvalue weighted by atomic mass is 10.1. The summed E-state index contributed by atoms with van der Waals surface area (Å²) < 4.78 is 4.27. The van der Waals surface area contributed by atoms with Gasteiger partial charge in [-0.1, -0.05) is 6.42 Å². The summed E-state index contributed by atoms with van der Waals surface area (Å²) in [4.78, 5) is 15.2. The molecular weight excluding hydrogens is 340 g/mol. The third-order valence-electron chi connectivity index (χ3n) is 6.17. The van der Waals surface area contributed by atoms with E-state index in [1.54, 1.807) is 0 Å². The van der Waals surface area contributed by atoms with Gasteiger partial charge in [-0.15, -0.1) is 10.2 Å². The van der Waals surface area contributed by atoms with Gasteiger partial charge in [0, 0.05) is 37.3 Å². The molecule has 2 aromatic rings. The predicted octanol–water partition coefficient (Wildman–Crippen LogP) is 2.74. The molecule has 0 bridgehead atoms. The number of likely N-dealkylation sites (tertiary alicyclic amines) is 1. The smallest absolute Gasteiger partial charge is 0.227 e. The van der Waals surface area contributed by atoms with Gasteiger partial charge in [0.1, 0.15) is 5.82 Å². The third kappa shape index (κ3) is 3.28. The van der Waals surface area contributed by atoms with Gasteiger partial charge < -0.3 is 9.47 Å². The molecule has 1 atom stereocenters. The van der Waals surface area contributed by atoms with E-state index in [1.165, 1.54) is 19.3 Å². The molecule has 0 saturated carbocycles. The van der Waals surface area contributed by atoms with Crippen LogP contribution in [0.15, 0.2) is 0 Å². The summed E-state index contributed by atoms with van der Waals surface area (Å²) >= 11 is 0. The molecule has 2 aliphatic heterocycles. The fourth-order valence-electron chi connectivity index (χ4n) is 4.64. The maximum Gasteiger partial charge on any atom is 0.227 e. The van der Waals surface area contributed by atoms with E-state index in [0.717, 1.165) is 67.5 Å². The maximum atomic E-state index is 13.2. The second-order valence-corrected chi connectivity index (χ2v) is 7.82. The monoisotopic (exact) mass is 370 g/mol. The summed E-state index contributed by atoms with van der Waals surface area (Å²) in [6, 6.07) is 0.0682. The zero-order valence-corrected chi connectivity index (χ0v) is 16.7. The van der Waals surface area contributed by atoms with Crippen molar-refractivity contribution in [2.45, 2.75) is 84.8 Å². The Balaban J connectivity index is 1.56. The van der Waals surface area contributed by atoms with Crippen molar-refractivity contribution in [1.82, 2.24) is 29.4 Å². The lowest BCUT2D eigenvalue weighted by Crippen LogP contribution is -2.33. The normalized spacial score (nSPS) is 20.0. The number of nitrogens with zero attached hydrogens (tertiary/aromatic N) is 6. The summed E-state index contributed by atoms with van der Waals surface area (Å²) in [5, 5.41) is 13.5. The first-order chi connectivity index (χ1) is 13.1. The first-order valence-corrected chi connectivity index (χ1v) is 10.3. The number of hydrogen-bond donors (Lipinski definition) is 0. The van der Waals surface area contributed by atoms with Gasteiger partial charge >= 0.3 is 0 Å².